The van der Waals surface area contributed by atoms with Gasteiger partial charge in [-0.25, -0.2) is 13.8 Å². The molecule has 1 aromatic heterocycles. The van der Waals surface area contributed by atoms with Gasteiger partial charge < -0.3 is 19.7 Å². The number of hydrogen-bond acceptors (Lipinski definition) is 10. The van der Waals surface area contributed by atoms with E-state index in [2.05, 4.69) is 17.0 Å². The van der Waals surface area contributed by atoms with Gasteiger partial charge in [-0.3, -0.25) is 13.9 Å². The van der Waals surface area contributed by atoms with Gasteiger partial charge in [-0.1, -0.05) is 177 Å². The first-order valence-corrected chi connectivity index (χ1v) is 24.6. The van der Waals surface area contributed by atoms with Crippen LogP contribution in [0.5, 0.6) is 5.75 Å². The van der Waals surface area contributed by atoms with Gasteiger partial charge in [-0.05, 0) is 30.5 Å². The molecule has 4 atom stereocenters. The van der Waals surface area contributed by atoms with E-state index in [0.717, 1.165) is 35.6 Å². The number of nitrogens with two attached hydrogens (primary N) is 1. The van der Waals surface area contributed by atoms with Gasteiger partial charge in [0.1, 0.15) is 23.5 Å². The molecule has 1 aliphatic rings. The number of benzene rings is 2. The molecule has 1 saturated heterocycles. The minimum atomic E-state index is -4.24. The molecule has 0 saturated carbocycles. The summed E-state index contributed by atoms with van der Waals surface area (Å²) in [5.74, 6) is -1.35. The number of aromatic nitrogens is 2. The Morgan fingerprint density at radius 1 is 0.864 bits per heavy atom. The quantitative estimate of drug-likeness (QED) is 0.0352. The zero-order chi connectivity index (χ0) is 42.0. The molecular weight excluding hydrogens is 791 g/mol. The maximum atomic E-state index is 14.4. The molecule has 1 fully saturated rings. The number of nitrogen functional groups attached to an aromatic ring is 1. The number of halogens is 1. The molecule has 14 heteroatoms. The van der Waals surface area contributed by atoms with Gasteiger partial charge in [0, 0.05) is 5.75 Å². The molecule has 328 valence electrons. The summed E-state index contributed by atoms with van der Waals surface area (Å²) in [4.78, 5) is 29.5. The highest BCUT2D eigenvalue weighted by atomic mass is 32.2. The molecular formula is C45H68FN4O7PS. The number of thioether (sulfide) groups is 1. The predicted octanol–water partition coefficient (Wildman–Crippen LogP) is 11.3. The summed E-state index contributed by atoms with van der Waals surface area (Å²) < 4.78 is 53.1. The second-order valence-corrected chi connectivity index (χ2v) is 18.4. The Kier molecular flexibility index (Phi) is 23.3. The summed E-state index contributed by atoms with van der Waals surface area (Å²) in [6.45, 7) is 2.30. The van der Waals surface area contributed by atoms with Gasteiger partial charge in [-0.2, -0.15) is 10.1 Å². The van der Waals surface area contributed by atoms with E-state index < -0.39 is 48.7 Å². The number of anilines is 1. The van der Waals surface area contributed by atoms with Gasteiger partial charge >= 0.3 is 19.4 Å². The Morgan fingerprint density at radius 2 is 1.39 bits per heavy atom. The van der Waals surface area contributed by atoms with Crippen molar-refractivity contribution in [3.8, 4) is 5.75 Å². The van der Waals surface area contributed by atoms with Crippen molar-refractivity contribution in [1.82, 2.24) is 14.6 Å². The molecule has 2 aromatic carbocycles. The van der Waals surface area contributed by atoms with Gasteiger partial charge in [0.15, 0.2) is 11.6 Å². The Bertz CT molecular complexity index is 1710. The molecule has 0 radical (unpaired) electrons. The maximum Gasteiger partial charge on any atom is 0.459 e. The van der Waals surface area contributed by atoms with Crippen LogP contribution < -0.4 is 21.0 Å². The number of rotatable bonds is 32. The Labute approximate surface area is 355 Å². The number of esters is 1. The predicted molar refractivity (Wildman–Crippen MR) is 236 cm³/mol. The molecule has 3 aromatic rings. The number of nitrogens with one attached hydrogen (secondary N) is 1. The maximum absolute atomic E-state index is 14.4. The summed E-state index contributed by atoms with van der Waals surface area (Å²) in [6.07, 6.45) is 26.1. The summed E-state index contributed by atoms with van der Waals surface area (Å²) in [5, 5.41) is 2.87. The number of hydrogen-bond donors (Lipinski definition) is 2. The van der Waals surface area contributed by atoms with E-state index in [-0.39, 0.29) is 31.1 Å². The van der Waals surface area contributed by atoms with Crippen molar-refractivity contribution in [2.45, 2.75) is 159 Å². The van der Waals surface area contributed by atoms with E-state index in [0.29, 0.717) is 0 Å². The Hall–Kier alpha value is -3.22. The third-order valence-electron chi connectivity index (χ3n) is 10.5. The lowest BCUT2D eigenvalue weighted by Gasteiger charge is -2.25. The van der Waals surface area contributed by atoms with Crippen molar-refractivity contribution in [3.63, 3.8) is 0 Å². The van der Waals surface area contributed by atoms with Crippen molar-refractivity contribution in [2.24, 2.45) is 0 Å². The summed E-state index contributed by atoms with van der Waals surface area (Å²) in [6, 6.07) is 16.8. The fourth-order valence-corrected chi connectivity index (χ4v) is 9.64. The van der Waals surface area contributed by atoms with E-state index in [4.69, 9.17) is 24.3 Å². The average molecular weight is 859 g/mol. The summed E-state index contributed by atoms with van der Waals surface area (Å²) in [7, 11) is -4.24. The van der Waals surface area contributed by atoms with E-state index >= 15 is 0 Å². The van der Waals surface area contributed by atoms with Crippen molar-refractivity contribution in [2.75, 3.05) is 24.7 Å². The van der Waals surface area contributed by atoms with Crippen LogP contribution in [0, 0.1) is 5.82 Å². The molecule has 2 heterocycles. The number of para-hydroxylation sites is 1. The Balaban J connectivity index is 1.17. The highest BCUT2D eigenvalue weighted by Gasteiger charge is 2.37. The number of carbonyl (C=O) groups is 1. The molecule has 0 spiro atoms. The fraction of sp³-hybridized carbons (Fsp3) is 0.622. The molecule has 0 amide bonds. The summed E-state index contributed by atoms with van der Waals surface area (Å²) in [5.41, 5.74) is 4.81. The zero-order valence-electron chi connectivity index (χ0n) is 35.1. The first-order chi connectivity index (χ1) is 28.8. The Morgan fingerprint density at radius 3 is 1.95 bits per heavy atom. The molecule has 11 nitrogen and oxygen atoms in total. The topological polar surface area (TPSA) is 144 Å². The van der Waals surface area contributed by atoms with E-state index in [1.165, 1.54) is 121 Å². The SMILES string of the molecule is CCCCCCCCCCCCCCCCCCCCCCOC(=O)[C@@H](Cc1ccccc1)NP(=O)(OCC1OC(n2cc(F)c(N)nc2=O)CS1)Oc1ccccc1. The molecule has 3 unspecified atom stereocenters. The van der Waals surface area contributed by atoms with Crippen LogP contribution in [0.2, 0.25) is 0 Å². The second kappa shape index (κ2) is 28.3. The van der Waals surface area contributed by atoms with Crippen LogP contribution in [0.1, 0.15) is 147 Å². The highest BCUT2D eigenvalue weighted by Crippen LogP contribution is 2.46. The van der Waals surface area contributed by atoms with E-state index in [1.54, 1.807) is 30.3 Å². The number of ether oxygens (including phenoxy) is 2. The minimum Gasteiger partial charge on any atom is -0.465 e. The largest absolute Gasteiger partial charge is 0.465 e. The molecule has 3 N–H and O–H groups in total. The second-order valence-electron chi connectivity index (χ2n) is 15.5. The standard InChI is InChI=1S/C45H68FN4O7PS/c1-2-3-4-5-6-7-8-9-10-11-12-13-14-15-16-17-18-19-20-27-32-54-44(51)40(33-37-28-23-21-24-29-37)49-58(53,57-38-30-25-22-26-31-38)55-35-42-56-41(36-59-42)50-34-39(46)43(47)48-45(50)52/h21-26,28-31,34,40-42H,2-20,27,32-33,35-36H2,1H3,(H,49,53)(H2,47,48,52)/t40-,41?,42?,58?/m1/s1. The van der Waals surface area contributed by atoms with Crippen LogP contribution in [0.15, 0.2) is 71.7 Å². The molecule has 1 aliphatic heterocycles. The lowest BCUT2D eigenvalue weighted by Crippen LogP contribution is -2.40. The van der Waals surface area contributed by atoms with Crippen LogP contribution in [0.4, 0.5) is 10.2 Å². The normalized spacial score (nSPS) is 16.8. The first kappa shape index (κ1) is 48.4. The van der Waals surface area contributed by atoms with Crippen molar-refractivity contribution in [1.29, 1.82) is 0 Å². The first-order valence-electron chi connectivity index (χ1n) is 22.0. The van der Waals surface area contributed by atoms with E-state index in [1.807, 2.05) is 30.3 Å². The van der Waals surface area contributed by atoms with Crippen LogP contribution in [-0.4, -0.2) is 46.0 Å². The summed E-state index contributed by atoms with van der Waals surface area (Å²) >= 11 is 1.28. The molecule has 4 rings (SSSR count). The molecule has 0 bridgehead atoms. The van der Waals surface area contributed by atoms with Gasteiger partial charge in [0.2, 0.25) is 0 Å². The number of carbonyl (C=O) groups excluding carboxylic acids is 1. The van der Waals surface area contributed by atoms with Crippen molar-refractivity contribution in [3.05, 3.63) is 88.7 Å². The van der Waals surface area contributed by atoms with Crippen LogP contribution >= 0.6 is 19.5 Å². The van der Waals surface area contributed by atoms with Crippen molar-refractivity contribution >= 4 is 31.3 Å². The van der Waals surface area contributed by atoms with Crippen LogP contribution in [-0.2, 0) is 29.8 Å². The number of unbranched alkanes of at least 4 members (excludes halogenated alkanes) is 19. The average Bonchev–Trinajstić information content (AvgIpc) is 3.71. The third kappa shape index (κ3) is 19.4. The van der Waals surface area contributed by atoms with Gasteiger partial charge in [-0.15, -0.1) is 11.8 Å². The molecule has 0 aliphatic carbocycles. The minimum absolute atomic E-state index is 0.180. The van der Waals surface area contributed by atoms with Gasteiger partial charge in [0.25, 0.3) is 0 Å². The van der Waals surface area contributed by atoms with Crippen molar-refractivity contribution < 1.29 is 32.3 Å². The zero-order valence-corrected chi connectivity index (χ0v) is 36.8. The van der Waals surface area contributed by atoms with Crippen LogP contribution in [0.3, 0.4) is 0 Å². The smallest absolute Gasteiger partial charge is 0.459 e. The van der Waals surface area contributed by atoms with Gasteiger partial charge in [0.05, 0.1) is 19.4 Å². The number of nitrogens with zero attached hydrogens (tertiary/aromatic N) is 2. The third-order valence-corrected chi connectivity index (χ3v) is 13.1. The monoisotopic (exact) mass is 858 g/mol. The lowest BCUT2D eigenvalue weighted by molar-refractivity contribution is -0.145. The fourth-order valence-electron chi connectivity index (χ4n) is 7.06. The highest BCUT2D eigenvalue weighted by molar-refractivity contribution is 8.00. The lowest BCUT2D eigenvalue weighted by atomic mass is 10.0. The van der Waals surface area contributed by atoms with E-state index in [9.17, 15) is 18.5 Å². The van der Waals surface area contributed by atoms with Crippen LogP contribution in [0.25, 0.3) is 0 Å². The molecule has 59 heavy (non-hydrogen) atoms.